The first-order valence-electron chi connectivity index (χ1n) is 9.25. The summed E-state index contributed by atoms with van der Waals surface area (Å²) in [6.45, 7) is 6.16. The predicted molar refractivity (Wildman–Crippen MR) is 99.7 cm³/mol. The minimum absolute atomic E-state index is 0.166. The first kappa shape index (κ1) is 17.6. The molecular formula is C18H25N5O2S. The number of rotatable bonds is 4. The summed E-state index contributed by atoms with van der Waals surface area (Å²) in [6, 6.07) is 3.98. The Hall–Kier alpha value is -1.77. The van der Waals surface area contributed by atoms with E-state index < -0.39 is 0 Å². The van der Waals surface area contributed by atoms with Crippen LogP contribution in [0, 0.1) is 5.92 Å². The lowest BCUT2D eigenvalue weighted by Crippen LogP contribution is -2.50. The lowest BCUT2D eigenvalue weighted by molar-refractivity contribution is -0.138. The number of nitrogens with zero attached hydrogens (tertiary/aromatic N) is 5. The predicted octanol–water partition coefficient (Wildman–Crippen LogP) is 1.78. The summed E-state index contributed by atoms with van der Waals surface area (Å²) in [4.78, 5) is 24.9. The summed E-state index contributed by atoms with van der Waals surface area (Å²) in [5.74, 6) is 1.82. The number of likely N-dealkylation sites (tertiary alicyclic amines) is 1. The molecule has 4 rings (SSSR count). The third-order valence-corrected chi connectivity index (χ3v) is 6.19. The second-order valence-electron chi connectivity index (χ2n) is 7.17. The average Bonchev–Trinajstić information content (AvgIpc) is 3.34. The largest absolute Gasteiger partial charge is 0.340 e. The molecule has 0 N–H and O–H groups in total. The summed E-state index contributed by atoms with van der Waals surface area (Å²) in [5, 5.41) is 6.07. The quantitative estimate of drug-likeness (QED) is 0.812. The van der Waals surface area contributed by atoms with Crippen molar-refractivity contribution in [2.24, 2.45) is 5.92 Å². The van der Waals surface area contributed by atoms with Crippen LogP contribution in [0.4, 0.5) is 0 Å². The summed E-state index contributed by atoms with van der Waals surface area (Å²) in [6.07, 6.45) is 1.83. The van der Waals surface area contributed by atoms with E-state index in [-0.39, 0.29) is 5.92 Å². The number of likely N-dealkylation sites (N-methyl/N-ethyl adjacent to an activating group) is 1. The van der Waals surface area contributed by atoms with Gasteiger partial charge in [-0.05, 0) is 44.4 Å². The normalized spacial score (nSPS) is 20.6. The number of aromatic nitrogens is 2. The van der Waals surface area contributed by atoms with Crippen molar-refractivity contribution in [2.45, 2.75) is 19.4 Å². The van der Waals surface area contributed by atoms with Gasteiger partial charge in [-0.25, -0.2) is 0 Å². The van der Waals surface area contributed by atoms with Gasteiger partial charge in [0, 0.05) is 32.1 Å². The molecule has 0 radical (unpaired) electrons. The molecule has 0 saturated carbocycles. The molecule has 2 saturated heterocycles. The van der Waals surface area contributed by atoms with E-state index >= 15 is 0 Å². The lowest BCUT2D eigenvalue weighted by atomic mass is 9.95. The summed E-state index contributed by atoms with van der Waals surface area (Å²) < 4.78 is 5.39. The van der Waals surface area contributed by atoms with Gasteiger partial charge in [-0.15, -0.1) is 11.3 Å². The van der Waals surface area contributed by atoms with Crippen LogP contribution in [0.5, 0.6) is 0 Å². The third kappa shape index (κ3) is 3.97. The number of amides is 1. The highest BCUT2D eigenvalue weighted by Crippen LogP contribution is 2.24. The fourth-order valence-corrected chi connectivity index (χ4v) is 4.29. The highest BCUT2D eigenvalue weighted by molar-refractivity contribution is 7.13. The van der Waals surface area contributed by atoms with Crippen molar-refractivity contribution < 1.29 is 9.32 Å². The van der Waals surface area contributed by atoms with Crippen molar-refractivity contribution in [1.29, 1.82) is 0 Å². The SMILES string of the molecule is CN1CCN(C(=O)C2CCN(Cc3nc(-c4cccs4)no3)CC2)CC1. The average molecular weight is 375 g/mol. The second kappa shape index (κ2) is 7.85. The van der Waals surface area contributed by atoms with Crippen molar-refractivity contribution in [2.75, 3.05) is 46.3 Å². The highest BCUT2D eigenvalue weighted by Gasteiger charge is 2.30. The van der Waals surface area contributed by atoms with Crippen molar-refractivity contribution in [1.82, 2.24) is 24.8 Å². The van der Waals surface area contributed by atoms with Crippen molar-refractivity contribution in [3.63, 3.8) is 0 Å². The zero-order chi connectivity index (χ0) is 17.9. The minimum atomic E-state index is 0.166. The Morgan fingerprint density at radius 3 is 2.69 bits per heavy atom. The second-order valence-corrected chi connectivity index (χ2v) is 8.12. The molecule has 140 valence electrons. The Balaban J connectivity index is 1.27. The van der Waals surface area contributed by atoms with E-state index in [1.807, 2.05) is 22.4 Å². The van der Waals surface area contributed by atoms with Crippen LogP contribution in [0.2, 0.25) is 0 Å². The first-order valence-corrected chi connectivity index (χ1v) is 10.1. The molecule has 7 nitrogen and oxygen atoms in total. The molecule has 2 fully saturated rings. The van der Waals surface area contributed by atoms with Crippen molar-refractivity contribution >= 4 is 17.2 Å². The van der Waals surface area contributed by atoms with E-state index in [1.54, 1.807) is 11.3 Å². The molecule has 0 aliphatic carbocycles. The Labute approximate surface area is 157 Å². The van der Waals surface area contributed by atoms with Crippen LogP contribution < -0.4 is 0 Å². The van der Waals surface area contributed by atoms with Crippen molar-refractivity contribution in [3.05, 3.63) is 23.4 Å². The summed E-state index contributed by atoms with van der Waals surface area (Å²) >= 11 is 1.61. The maximum Gasteiger partial charge on any atom is 0.241 e. The summed E-state index contributed by atoms with van der Waals surface area (Å²) in [7, 11) is 2.11. The van der Waals surface area contributed by atoms with Gasteiger partial charge in [0.05, 0.1) is 11.4 Å². The molecule has 2 aromatic heterocycles. The van der Waals surface area contributed by atoms with E-state index in [4.69, 9.17) is 4.52 Å². The van der Waals surface area contributed by atoms with Gasteiger partial charge in [-0.3, -0.25) is 9.69 Å². The number of piperidine rings is 1. The fourth-order valence-electron chi connectivity index (χ4n) is 3.64. The molecule has 1 amide bonds. The van der Waals surface area contributed by atoms with E-state index in [1.165, 1.54) is 0 Å². The number of thiophene rings is 1. The molecule has 0 bridgehead atoms. The van der Waals surface area contributed by atoms with Gasteiger partial charge in [0.1, 0.15) is 0 Å². The Bertz CT molecular complexity index is 716. The number of hydrogen-bond donors (Lipinski definition) is 0. The van der Waals surface area contributed by atoms with E-state index in [2.05, 4.69) is 27.0 Å². The molecule has 0 spiro atoms. The van der Waals surface area contributed by atoms with Crippen LogP contribution in [0.15, 0.2) is 22.0 Å². The zero-order valence-corrected chi connectivity index (χ0v) is 16.0. The first-order chi connectivity index (χ1) is 12.7. The lowest BCUT2D eigenvalue weighted by Gasteiger charge is -2.37. The highest BCUT2D eigenvalue weighted by atomic mass is 32.1. The van der Waals surface area contributed by atoms with Crippen LogP contribution in [0.25, 0.3) is 10.7 Å². The van der Waals surface area contributed by atoms with Gasteiger partial charge >= 0.3 is 0 Å². The molecule has 26 heavy (non-hydrogen) atoms. The molecular weight excluding hydrogens is 350 g/mol. The standard InChI is InChI=1S/C18H25N5O2S/c1-21-8-10-23(11-9-21)18(24)14-4-6-22(7-5-14)13-16-19-17(20-25-16)15-3-2-12-26-15/h2-3,12,14H,4-11,13H2,1H3. The molecule has 0 atom stereocenters. The monoisotopic (exact) mass is 375 g/mol. The van der Waals surface area contributed by atoms with Gasteiger partial charge in [-0.2, -0.15) is 4.98 Å². The van der Waals surface area contributed by atoms with Gasteiger partial charge in [0.15, 0.2) is 0 Å². The van der Waals surface area contributed by atoms with Gasteiger partial charge in [0.2, 0.25) is 17.6 Å². The summed E-state index contributed by atoms with van der Waals surface area (Å²) in [5.41, 5.74) is 0. The third-order valence-electron chi connectivity index (χ3n) is 5.32. The molecule has 8 heteroatoms. The maximum atomic E-state index is 12.7. The van der Waals surface area contributed by atoms with E-state index in [0.717, 1.165) is 57.0 Å². The van der Waals surface area contributed by atoms with Crippen LogP contribution in [-0.4, -0.2) is 77.1 Å². The smallest absolute Gasteiger partial charge is 0.241 e. The maximum absolute atomic E-state index is 12.7. The molecule has 4 heterocycles. The van der Waals surface area contributed by atoms with E-state index in [0.29, 0.717) is 24.2 Å². The van der Waals surface area contributed by atoms with Crippen LogP contribution in [0.1, 0.15) is 18.7 Å². The van der Waals surface area contributed by atoms with Gasteiger partial charge in [-0.1, -0.05) is 11.2 Å². The van der Waals surface area contributed by atoms with Crippen LogP contribution >= 0.6 is 11.3 Å². The fraction of sp³-hybridized carbons (Fsp3) is 0.611. The number of carbonyl (C=O) groups excluding carboxylic acids is 1. The Morgan fingerprint density at radius 1 is 1.23 bits per heavy atom. The molecule has 2 aliphatic rings. The van der Waals surface area contributed by atoms with Gasteiger partial charge in [0.25, 0.3) is 0 Å². The molecule has 0 unspecified atom stereocenters. The van der Waals surface area contributed by atoms with Crippen molar-refractivity contribution in [3.8, 4) is 10.7 Å². The molecule has 2 aromatic rings. The minimum Gasteiger partial charge on any atom is -0.340 e. The number of carbonyl (C=O) groups is 1. The zero-order valence-electron chi connectivity index (χ0n) is 15.1. The number of hydrogen-bond acceptors (Lipinski definition) is 7. The Morgan fingerprint density at radius 2 is 2.00 bits per heavy atom. The number of piperazine rings is 1. The molecule has 2 aliphatic heterocycles. The van der Waals surface area contributed by atoms with E-state index in [9.17, 15) is 4.79 Å². The Kier molecular flexibility index (Phi) is 5.33. The van der Waals surface area contributed by atoms with Gasteiger partial charge < -0.3 is 14.3 Å². The topological polar surface area (TPSA) is 65.7 Å². The molecule has 0 aromatic carbocycles. The van der Waals surface area contributed by atoms with Crippen LogP contribution in [-0.2, 0) is 11.3 Å². The van der Waals surface area contributed by atoms with Crippen LogP contribution in [0.3, 0.4) is 0 Å².